The molecule has 0 radical (unpaired) electrons. The SMILES string of the molecule is C=CCN1[SiH2]N[SiH2]N[SiH](C)N(C)[Si](C)(C)N(C)[Si]1(C)CC=C. The molecule has 128 valence electrons. The van der Waals surface area contributed by atoms with Crippen LogP contribution in [0.2, 0.25) is 32.2 Å². The molecular weight excluding hydrogens is 355 g/mol. The van der Waals surface area contributed by atoms with Gasteiger partial charge >= 0.3 is 0 Å². The second-order valence-corrected chi connectivity index (χ2v) is 24.1. The van der Waals surface area contributed by atoms with Crippen LogP contribution < -0.4 is 9.30 Å². The van der Waals surface area contributed by atoms with Crippen LogP contribution in [0.15, 0.2) is 25.3 Å². The van der Waals surface area contributed by atoms with Crippen molar-refractivity contribution in [1.82, 2.24) is 22.0 Å². The third-order valence-electron chi connectivity index (χ3n) is 5.37. The van der Waals surface area contributed by atoms with E-state index in [2.05, 4.69) is 87.6 Å². The molecular formula is C12H35N5Si5. The Hall–Kier alpha value is 0.364. The molecule has 22 heavy (non-hydrogen) atoms. The first-order valence-corrected chi connectivity index (χ1v) is 18.6. The van der Waals surface area contributed by atoms with Crippen LogP contribution in [0.3, 0.4) is 0 Å². The fourth-order valence-electron chi connectivity index (χ4n) is 3.19. The molecule has 0 bridgehead atoms. The van der Waals surface area contributed by atoms with E-state index in [0.717, 1.165) is 12.6 Å². The van der Waals surface area contributed by atoms with Crippen LogP contribution in [0, 0.1) is 0 Å². The minimum atomic E-state index is -1.72. The molecule has 5 nitrogen and oxygen atoms in total. The van der Waals surface area contributed by atoms with Crippen LogP contribution in [0.25, 0.3) is 0 Å². The van der Waals surface area contributed by atoms with Crippen LogP contribution in [0.5, 0.6) is 0 Å². The van der Waals surface area contributed by atoms with E-state index >= 15 is 0 Å². The zero-order chi connectivity index (χ0) is 17.0. The van der Waals surface area contributed by atoms with Gasteiger partial charge in [0.2, 0.25) is 0 Å². The summed E-state index contributed by atoms with van der Waals surface area (Å²) in [4.78, 5) is 0. The summed E-state index contributed by atoms with van der Waals surface area (Å²) in [7, 11) is -0.377. The number of nitrogens with zero attached hydrogens (tertiary/aromatic N) is 3. The van der Waals surface area contributed by atoms with Gasteiger partial charge < -0.3 is 22.0 Å². The summed E-state index contributed by atoms with van der Waals surface area (Å²) >= 11 is 0. The lowest BCUT2D eigenvalue weighted by Gasteiger charge is -2.55. The molecule has 0 saturated carbocycles. The van der Waals surface area contributed by atoms with E-state index in [1.165, 1.54) is 0 Å². The van der Waals surface area contributed by atoms with Gasteiger partial charge in [0.15, 0.2) is 45.6 Å². The highest BCUT2D eigenvalue weighted by Gasteiger charge is 2.47. The van der Waals surface area contributed by atoms with E-state index in [0.29, 0.717) is 0 Å². The molecule has 2 N–H and O–H groups in total. The summed E-state index contributed by atoms with van der Waals surface area (Å²) < 4.78 is 16.0. The van der Waals surface area contributed by atoms with Gasteiger partial charge in [0.05, 0.1) is 0 Å². The summed E-state index contributed by atoms with van der Waals surface area (Å²) in [5.41, 5.74) is 0. The summed E-state index contributed by atoms with van der Waals surface area (Å²) in [5.74, 6) is 0. The maximum Gasteiger partial charge on any atom is 0.195 e. The van der Waals surface area contributed by atoms with Gasteiger partial charge in [-0.1, -0.05) is 12.2 Å². The topological polar surface area (TPSA) is 33.8 Å². The largest absolute Gasteiger partial charge is 0.346 e. The average molecular weight is 390 g/mol. The van der Waals surface area contributed by atoms with E-state index in [4.69, 9.17) is 0 Å². The number of nitrogens with one attached hydrogen (secondary N) is 2. The lowest BCUT2D eigenvalue weighted by Crippen LogP contribution is -2.78. The molecule has 0 aromatic heterocycles. The number of allylic oxidation sites excluding steroid dienone is 1. The number of hydrogen-bond acceptors (Lipinski definition) is 5. The molecule has 1 aliphatic rings. The van der Waals surface area contributed by atoms with E-state index in [9.17, 15) is 0 Å². The maximum atomic E-state index is 4.06. The van der Waals surface area contributed by atoms with Crippen molar-refractivity contribution < 1.29 is 0 Å². The Morgan fingerprint density at radius 1 is 1.18 bits per heavy atom. The van der Waals surface area contributed by atoms with Crippen molar-refractivity contribution in [2.24, 2.45) is 0 Å². The van der Waals surface area contributed by atoms with Gasteiger partial charge in [0, 0.05) is 6.54 Å². The summed E-state index contributed by atoms with van der Waals surface area (Å²) in [6, 6.07) is 1.13. The first kappa shape index (κ1) is 20.4. The van der Waals surface area contributed by atoms with Crippen molar-refractivity contribution in [2.75, 3.05) is 20.6 Å². The first-order valence-electron chi connectivity index (χ1n) is 8.09. The quantitative estimate of drug-likeness (QED) is 0.493. The van der Waals surface area contributed by atoms with Gasteiger partial charge in [-0.05, 0) is 46.3 Å². The average Bonchev–Trinajstić information content (AvgIpc) is 2.47. The van der Waals surface area contributed by atoms with Crippen molar-refractivity contribution in [2.45, 2.75) is 32.2 Å². The molecule has 0 spiro atoms. The predicted molar refractivity (Wildman–Crippen MR) is 113 cm³/mol. The van der Waals surface area contributed by atoms with Crippen LogP contribution >= 0.6 is 0 Å². The molecule has 2 unspecified atom stereocenters. The van der Waals surface area contributed by atoms with Gasteiger partial charge in [-0.25, -0.2) is 0 Å². The highest BCUT2D eigenvalue weighted by Crippen LogP contribution is 2.26. The predicted octanol–water partition coefficient (Wildman–Crippen LogP) is -0.661. The lowest BCUT2D eigenvalue weighted by atomic mass is 10.7. The van der Waals surface area contributed by atoms with Crippen molar-refractivity contribution in [3.8, 4) is 0 Å². The molecule has 0 aliphatic carbocycles. The third-order valence-corrected chi connectivity index (χ3v) is 28.3. The molecule has 0 aromatic carbocycles. The van der Waals surface area contributed by atoms with Gasteiger partial charge in [-0.15, -0.1) is 13.2 Å². The van der Waals surface area contributed by atoms with Gasteiger partial charge in [-0.2, -0.15) is 0 Å². The second-order valence-electron chi connectivity index (χ2n) is 6.85. The molecule has 0 amide bonds. The number of rotatable bonds is 4. The zero-order valence-corrected chi connectivity index (χ0v) is 21.3. The first-order chi connectivity index (χ1) is 10.2. The van der Waals surface area contributed by atoms with Gasteiger partial charge in [0.1, 0.15) is 0 Å². The molecule has 1 fully saturated rings. The maximum absolute atomic E-state index is 4.06. The monoisotopic (exact) mass is 389 g/mol. The van der Waals surface area contributed by atoms with Crippen molar-refractivity contribution in [1.29, 1.82) is 0 Å². The fraction of sp³-hybridized carbons (Fsp3) is 0.667. The molecule has 0 aromatic rings. The van der Waals surface area contributed by atoms with Crippen LogP contribution in [0.4, 0.5) is 0 Å². The Bertz CT molecular complexity index is 396. The van der Waals surface area contributed by atoms with E-state index < -0.39 is 35.8 Å². The van der Waals surface area contributed by atoms with E-state index in [1.54, 1.807) is 0 Å². The van der Waals surface area contributed by atoms with Gasteiger partial charge in [0.25, 0.3) is 0 Å². The fourth-order valence-corrected chi connectivity index (χ4v) is 26.9. The Balaban J connectivity index is 3.26. The zero-order valence-electron chi connectivity index (χ0n) is 15.3. The molecule has 2 atom stereocenters. The van der Waals surface area contributed by atoms with Crippen molar-refractivity contribution in [3.63, 3.8) is 0 Å². The molecule has 1 saturated heterocycles. The minimum absolute atomic E-state index is 0.336. The molecule has 1 aliphatic heterocycles. The normalized spacial score (nSPS) is 34.7. The standard InChI is InChI=1S/C12H35N5Si5/c1-9-11-17-19-13-18-14-20(5)15(3)21(6,7)16(4)22(17,8)12-10-2/h9-10,13-14,20H,1-2,11-12,18-19H2,3-8H3. The second kappa shape index (κ2) is 8.46. The summed E-state index contributed by atoms with van der Waals surface area (Å²) in [6.07, 6.45) is 4.22. The van der Waals surface area contributed by atoms with E-state index in [-0.39, 0.29) is 9.84 Å². The molecule has 10 heteroatoms. The molecule has 1 heterocycles. The van der Waals surface area contributed by atoms with Crippen LogP contribution in [-0.2, 0) is 0 Å². The Kier molecular flexibility index (Phi) is 7.85. The lowest BCUT2D eigenvalue weighted by molar-refractivity contribution is 0.551. The highest BCUT2D eigenvalue weighted by molar-refractivity contribution is 6.94. The summed E-state index contributed by atoms with van der Waals surface area (Å²) in [6.45, 7) is 19.1. The van der Waals surface area contributed by atoms with Crippen molar-refractivity contribution >= 4 is 45.6 Å². The number of hydrogen-bond donors (Lipinski definition) is 2. The Morgan fingerprint density at radius 2 is 1.82 bits per heavy atom. The smallest absolute Gasteiger partial charge is 0.195 e. The van der Waals surface area contributed by atoms with Crippen LogP contribution in [0.1, 0.15) is 0 Å². The summed E-state index contributed by atoms with van der Waals surface area (Å²) in [5, 5.41) is 0. The Morgan fingerprint density at radius 3 is 2.36 bits per heavy atom. The Labute approximate surface area is 145 Å². The third kappa shape index (κ3) is 4.25. The minimum Gasteiger partial charge on any atom is -0.346 e. The van der Waals surface area contributed by atoms with Crippen molar-refractivity contribution in [3.05, 3.63) is 25.3 Å². The van der Waals surface area contributed by atoms with Gasteiger partial charge in [-0.3, -0.25) is 0 Å². The van der Waals surface area contributed by atoms with E-state index in [1.807, 2.05) is 0 Å². The molecule has 1 rings (SSSR count). The van der Waals surface area contributed by atoms with Crippen LogP contribution in [-0.4, -0.2) is 78.9 Å². The highest BCUT2D eigenvalue weighted by atomic mass is 28.5.